The van der Waals surface area contributed by atoms with E-state index in [2.05, 4.69) is 10.1 Å². The lowest BCUT2D eigenvalue weighted by Gasteiger charge is -2.23. The van der Waals surface area contributed by atoms with Crippen LogP contribution in [0.5, 0.6) is 0 Å². The van der Waals surface area contributed by atoms with Crippen LogP contribution in [0.25, 0.3) is 0 Å². The third-order valence-electron chi connectivity index (χ3n) is 3.00. The number of amides is 1. The zero-order valence-corrected chi connectivity index (χ0v) is 14.8. The SMILES string of the molecule is CCCC(O)CC(C[C@H](NC(=O)OC(C)(C)C)C(=O)OC)=C(F)F. The number of carbonyl (C=O) groups excluding carboxylic acids is 2. The van der Waals surface area contributed by atoms with Gasteiger partial charge in [0, 0.05) is 12.0 Å². The second-order valence-electron chi connectivity index (χ2n) is 6.44. The highest BCUT2D eigenvalue weighted by molar-refractivity contribution is 5.81. The van der Waals surface area contributed by atoms with Gasteiger partial charge in [-0.1, -0.05) is 13.3 Å². The van der Waals surface area contributed by atoms with E-state index < -0.39 is 47.9 Å². The van der Waals surface area contributed by atoms with E-state index in [-0.39, 0.29) is 6.42 Å². The molecular weight excluding hydrogens is 324 g/mol. The van der Waals surface area contributed by atoms with E-state index in [1.807, 2.05) is 6.92 Å². The Morgan fingerprint density at radius 2 is 1.79 bits per heavy atom. The highest BCUT2D eigenvalue weighted by Gasteiger charge is 2.28. The summed E-state index contributed by atoms with van der Waals surface area (Å²) in [4.78, 5) is 23.5. The monoisotopic (exact) mass is 351 g/mol. The molecule has 0 radical (unpaired) electrons. The maximum absolute atomic E-state index is 13.1. The molecule has 2 atom stereocenters. The van der Waals surface area contributed by atoms with E-state index in [0.717, 1.165) is 7.11 Å². The predicted octanol–water partition coefficient (Wildman–Crippen LogP) is 3.14. The number of aliphatic hydroxyl groups excluding tert-OH is 1. The molecule has 0 aromatic rings. The summed E-state index contributed by atoms with van der Waals surface area (Å²) in [6.45, 7) is 6.72. The largest absolute Gasteiger partial charge is 0.467 e. The number of nitrogens with one attached hydrogen (secondary N) is 1. The van der Waals surface area contributed by atoms with Crippen molar-refractivity contribution in [3.8, 4) is 0 Å². The number of halogens is 2. The van der Waals surface area contributed by atoms with Gasteiger partial charge in [0.15, 0.2) is 0 Å². The molecule has 0 fully saturated rings. The molecule has 0 saturated carbocycles. The first-order valence-electron chi connectivity index (χ1n) is 7.78. The average Bonchev–Trinajstić information content (AvgIpc) is 2.42. The Balaban J connectivity index is 5.07. The molecule has 1 amide bonds. The zero-order chi connectivity index (χ0) is 18.9. The lowest BCUT2D eigenvalue weighted by molar-refractivity contribution is -0.143. The second kappa shape index (κ2) is 10.2. The molecule has 24 heavy (non-hydrogen) atoms. The van der Waals surface area contributed by atoms with E-state index in [0.29, 0.717) is 12.8 Å². The number of methoxy groups -OCH3 is 1. The fourth-order valence-electron chi connectivity index (χ4n) is 1.99. The minimum atomic E-state index is -1.98. The van der Waals surface area contributed by atoms with Gasteiger partial charge in [0.2, 0.25) is 0 Å². The van der Waals surface area contributed by atoms with E-state index >= 15 is 0 Å². The molecule has 0 aliphatic carbocycles. The predicted molar refractivity (Wildman–Crippen MR) is 84.6 cm³/mol. The van der Waals surface area contributed by atoms with Crippen molar-refractivity contribution in [2.45, 2.75) is 71.1 Å². The van der Waals surface area contributed by atoms with Gasteiger partial charge >= 0.3 is 12.1 Å². The Morgan fingerprint density at radius 1 is 1.21 bits per heavy atom. The summed E-state index contributed by atoms with van der Waals surface area (Å²) in [6, 6.07) is -1.32. The van der Waals surface area contributed by atoms with E-state index in [1.165, 1.54) is 0 Å². The third kappa shape index (κ3) is 9.44. The molecule has 2 N–H and O–H groups in total. The Labute approximate surface area is 141 Å². The van der Waals surface area contributed by atoms with Crippen LogP contribution >= 0.6 is 0 Å². The average molecular weight is 351 g/mol. The number of rotatable bonds is 8. The molecule has 0 saturated heterocycles. The fraction of sp³-hybridized carbons (Fsp3) is 0.750. The molecule has 0 aromatic heterocycles. The van der Waals surface area contributed by atoms with Crippen molar-refractivity contribution in [1.82, 2.24) is 5.32 Å². The summed E-state index contributed by atoms with van der Waals surface area (Å²) in [5.74, 6) is -0.871. The van der Waals surface area contributed by atoms with Gasteiger partial charge in [0.25, 0.3) is 6.08 Å². The summed E-state index contributed by atoms with van der Waals surface area (Å²) in [7, 11) is 1.09. The van der Waals surface area contributed by atoms with Crippen molar-refractivity contribution in [3.05, 3.63) is 11.7 Å². The molecule has 0 heterocycles. The van der Waals surface area contributed by atoms with Crippen molar-refractivity contribution >= 4 is 12.1 Å². The van der Waals surface area contributed by atoms with Crippen molar-refractivity contribution in [2.75, 3.05) is 7.11 Å². The number of aliphatic hydroxyl groups is 1. The van der Waals surface area contributed by atoms with Crippen LogP contribution in [0.1, 0.15) is 53.4 Å². The van der Waals surface area contributed by atoms with E-state index in [1.54, 1.807) is 20.8 Å². The van der Waals surface area contributed by atoms with Gasteiger partial charge in [0.1, 0.15) is 11.6 Å². The minimum Gasteiger partial charge on any atom is -0.467 e. The van der Waals surface area contributed by atoms with Crippen LogP contribution in [0.3, 0.4) is 0 Å². The Morgan fingerprint density at radius 3 is 2.21 bits per heavy atom. The van der Waals surface area contributed by atoms with Gasteiger partial charge in [-0.2, -0.15) is 8.78 Å². The molecule has 0 aliphatic heterocycles. The molecule has 0 rings (SSSR count). The van der Waals surface area contributed by atoms with Crippen molar-refractivity contribution in [1.29, 1.82) is 0 Å². The van der Waals surface area contributed by atoms with Gasteiger partial charge in [-0.05, 0) is 33.6 Å². The molecule has 140 valence electrons. The summed E-state index contributed by atoms with van der Waals surface area (Å²) in [5, 5.41) is 11.9. The number of esters is 1. The molecule has 8 heteroatoms. The van der Waals surface area contributed by atoms with Gasteiger partial charge in [0.05, 0.1) is 13.2 Å². The Bertz CT molecular complexity index is 456. The standard InChI is InChI=1S/C16H27F2NO5/c1-6-7-11(20)8-10(13(17)18)9-12(14(21)23-5)19-15(22)24-16(2,3)4/h11-12,20H,6-9H2,1-5H3,(H,19,22)/t11?,12-/m0/s1. The summed E-state index contributed by atoms with van der Waals surface area (Å²) in [5.41, 5.74) is -1.20. The highest BCUT2D eigenvalue weighted by Crippen LogP contribution is 2.22. The first kappa shape index (κ1) is 22.3. The summed E-state index contributed by atoms with van der Waals surface area (Å²) < 4.78 is 35.8. The van der Waals surface area contributed by atoms with Gasteiger partial charge in [-0.3, -0.25) is 0 Å². The number of hydrogen-bond donors (Lipinski definition) is 2. The zero-order valence-electron chi connectivity index (χ0n) is 14.8. The summed E-state index contributed by atoms with van der Waals surface area (Å²) in [6.07, 6.45) is -3.57. The van der Waals surface area contributed by atoms with Crippen molar-refractivity contribution in [2.24, 2.45) is 0 Å². The topological polar surface area (TPSA) is 84.9 Å². The van der Waals surface area contributed by atoms with Crippen molar-refractivity contribution < 1.29 is 33.0 Å². The molecule has 0 bridgehead atoms. The van der Waals surface area contributed by atoms with Crippen LogP contribution in [0.15, 0.2) is 11.7 Å². The molecule has 0 aromatic carbocycles. The molecule has 0 spiro atoms. The molecule has 1 unspecified atom stereocenters. The first-order chi connectivity index (χ1) is 11.0. The van der Waals surface area contributed by atoms with Crippen LogP contribution in [-0.4, -0.2) is 42.0 Å². The third-order valence-corrected chi connectivity index (χ3v) is 3.00. The number of hydrogen-bond acceptors (Lipinski definition) is 5. The Kier molecular flexibility index (Phi) is 9.50. The van der Waals surface area contributed by atoms with Gasteiger partial charge < -0.3 is 19.9 Å². The van der Waals surface area contributed by atoms with Crippen LogP contribution < -0.4 is 5.32 Å². The normalized spacial score (nSPS) is 13.7. The maximum atomic E-state index is 13.1. The van der Waals surface area contributed by atoms with Crippen LogP contribution in [-0.2, 0) is 14.3 Å². The lowest BCUT2D eigenvalue weighted by Crippen LogP contribution is -2.44. The molecular formula is C16H27F2NO5. The lowest BCUT2D eigenvalue weighted by atomic mass is 9.99. The number of ether oxygens (including phenoxy) is 2. The van der Waals surface area contributed by atoms with Crippen LogP contribution in [0.2, 0.25) is 0 Å². The first-order valence-corrected chi connectivity index (χ1v) is 7.78. The smallest absolute Gasteiger partial charge is 0.408 e. The van der Waals surface area contributed by atoms with E-state index in [4.69, 9.17) is 4.74 Å². The van der Waals surface area contributed by atoms with Gasteiger partial charge in [-0.25, -0.2) is 9.59 Å². The molecule has 6 nitrogen and oxygen atoms in total. The minimum absolute atomic E-state index is 0.278. The van der Waals surface area contributed by atoms with Crippen LogP contribution in [0, 0.1) is 0 Å². The van der Waals surface area contributed by atoms with Crippen molar-refractivity contribution in [3.63, 3.8) is 0 Å². The summed E-state index contributed by atoms with van der Waals surface area (Å²) >= 11 is 0. The van der Waals surface area contributed by atoms with Gasteiger partial charge in [-0.15, -0.1) is 0 Å². The number of carbonyl (C=O) groups is 2. The highest BCUT2D eigenvalue weighted by atomic mass is 19.3. The maximum Gasteiger partial charge on any atom is 0.408 e. The van der Waals surface area contributed by atoms with E-state index in [9.17, 15) is 23.5 Å². The second-order valence-corrected chi connectivity index (χ2v) is 6.44. The Hall–Kier alpha value is -1.70. The van der Waals surface area contributed by atoms with Crippen LogP contribution in [0.4, 0.5) is 13.6 Å². The number of alkyl carbamates (subject to hydrolysis) is 1. The molecule has 0 aliphatic rings. The fourth-order valence-corrected chi connectivity index (χ4v) is 1.99. The quantitative estimate of drug-likeness (QED) is 0.656.